The Kier molecular flexibility index (Phi) is 6.42. The van der Waals surface area contributed by atoms with Crippen molar-refractivity contribution >= 4 is 23.2 Å². The second-order valence-corrected chi connectivity index (χ2v) is 5.45. The predicted molar refractivity (Wildman–Crippen MR) is 87.6 cm³/mol. The Hall–Kier alpha value is -1.86. The van der Waals surface area contributed by atoms with Gasteiger partial charge in [0.15, 0.2) is 5.11 Å². The Balaban J connectivity index is 1.64. The molecule has 1 unspecified atom stereocenters. The van der Waals surface area contributed by atoms with Gasteiger partial charge in [-0.25, -0.2) is 0 Å². The average Bonchev–Trinajstić information content (AvgIpc) is 3.05. The van der Waals surface area contributed by atoms with Gasteiger partial charge in [0, 0.05) is 13.2 Å². The van der Waals surface area contributed by atoms with Crippen LogP contribution in [0.25, 0.3) is 0 Å². The lowest BCUT2D eigenvalue weighted by atomic mass is 10.1. The second kappa shape index (κ2) is 8.55. The van der Waals surface area contributed by atoms with Crippen LogP contribution in [0.3, 0.4) is 0 Å². The number of methoxy groups -OCH3 is 1. The molecule has 1 amide bonds. The summed E-state index contributed by atoms with van der Waals surface area (Å²) >= 11 is 5.10. The first-order valence-corrected chi connectivity index (χ1v) is 7.65. The van der Waals surface area contributed by atoms with Gasteiger partial charge < -0.3 is 14.8 Å². The molecule has 6 nitrogen and oxygen atoms in total. The maximum atomic E-state index is 11.8. The van der Waals surface area contributed by atoms with Crippen molar-refractivity contribution in [3.63, 3.8) is 0 Å². The van der Waals surface area contributed by atoms with Gasteiger partial charge in [0.25, 0.3) is 0 Å². The van der Waals surface area contributed by atoms with E-state index in [2.05, 4.69) is 16.2 Å². The number of hydrogen-bond donors (Lipinski definition) is 3. The molecule has 1 fully saturated rings. The number of rotatable bonds is 5. The highest BCUT2D eigenvalue weighted by molar-refractivity contribution is 7.80. The third kappa shape index (κ3) is 5.50. The molecule has 22 heavy (non-hydrogen) atoms. The van der Waals surface area contributed by atoms with E-state index in [4.69, 9.17) is 21.7 Å². The molecule has 1 atom stereocenters. The number of ether oxygens (including phenoxy) is 2. The van der Waals surface area contributed by atoms with Gasteiger partial charge in [0.2, 0.25) is 5.91 Å². The van der Waals surface area contributed by atoms with Crippen LogP contribution in [-0.2, 0) is 16.0 Å². The standard InChI is InChI=1S/C15H21N3O3S/c1-20-12-6-4-11(5-7-12)9-14(19)17-18-15(22)16-10-13-3-2-8-21-13/h4-7,13H,2-3,8-10H2,1H3,(H,17,19)(H2,16,18,22). The number of benzene rings is 1. The molecule has 1 aromatic carbocycles. The molecule has 0 aliphatic carbocycles. The van der Waals surface area contributed by atoms with Crippen molar-refractivity contribution in [1.29, 1.82) is 0 Å². The van der Waals surface area contributed by atoms with Gasteiger partial charge >= 0.3 is 0 Å². The van der Waals surface area contributed by atoms with Crippen molar-refractivity contribution < 1.29 is 14.3 Å². The molecular formula is C15H21N3O3S. The van der Waals surface area contributed by atoms with Crippen molar-refractivity contribution in [2.45, 2.75) is 25.4 Å². The summed E-state index contributed by atoms with van der Waals surface area (Å²) in [4.78, 5) is 11.8. The highest BCUT2D eigenvalue weighted by atomic mass is 32.1. The first kappa shape index (κ1) is 16.5. The van der Waals surface area contributed by atoms with Gasteiger partial charge in [0.05, 0.1) is 19.6 Å². The van der Waals surface area contributed by atoms with Crippen molar-refractivity contribution in [3.05, 3.63) is 29.8 Å². The average molecular weight is 323 g/mol. The lowest BCUT2D eigenvalue weighted by Crippen LogP contribution is -2.48. The van der Waals surface area contributed by atoms with Crippen LogP contribution in [0.5, 0.6) is 5.75 Å². The molecule has 1 saturated heterocycles. The van der Waals surface area contributed by atoms with Crippen molar-refractivity contribution in [1.82, 2.24) is 16.2 Å². The maximum Gasteiger partial charge on any atom is 0.242 e. The molecule has 0 bridgehead atoms. The number of carbonyl (C=O) groups is 1. The van der Waals surface area contributed by atoms with E-state index in [-0.39, 0.29) is 18.4 Å². The van der Waals surface area contributed by atoms with E-state index < -0.39 is 0 Å². The van der Waals surface area contributed by atoms with E-state index >= 15 is 0 Å². The largest absolute Gasteiger partial charge is 0.497 e. The fourth-order valence-electron chi connectivity index (χ4n) is 2.16. The summed E-state index contributed by atoms with van der Waals surface area (Å²) in [5, 5.41) is 3.41. The highest BCUT2D eigenvalue weighted by Gasteiger charge is 2.15. The predicted octanol–water partition coefficient (Wildman–Crippen LogP) is 0.912. The normalized spacial score (nSPS) is 16.9. The summed E-state index contributed by atoms with van der Waals surface area (Å²) in [6.45, 7) is 1.46. The van der Waals surface area contributed by atoms with Crippen LogP contribution < -0.4 is 20.9 Å². The van der Waals surface area contributed by atoms with Crippen LogP contribution in [0, 0.1) is 0 Å². The van der Waals surface area contributed by atoms with Crippen molar-refractivity contribution in [3.8, 4) is 5.75 Å². The molecule has 0 saturated carbocycles. The monoisotopic (exact) mass is 323 g/mol. The summed E-state index contributed by atoms with van der Waals surface area (Å²) in [7, 11) is 1.61. The molecule has 1 aromatic rings. The molecule has 3 N–H and O–H groups in total. The van der Waals surface area contributed by atoms with Gasteiger partial charge in [-0.2, -0.15) is 0 Å². The summed E-state index contributed by atoms with van der Waals surface area (Å²) in [6.07, 6.45) is 2.60. The minimum Gasteiger partial charge on any atom is -0.497 e. The molecule has 120 valence electrons. The van der Waals surface area contributed by atoms with E-state index in [9.17, 15) is 4.79 Å². The zero-order valence-electron chi connectivity index (χ0n) is 12.6. The molecule has 7 heteroatoms. The lowest BCUT2D eigenvalue weighted by Gasteiger charge is -2.14. The van der Waals surface area contributed by atoms with E-state index in [1.807, 2.05) is 24.3 Å². The zero-order chi connectivity index (χ0) is 15.8. The van der Waals surface area contributed by atoms with Gasteiger partial charge in [-0.3, -0.25) is 15.6 Å². The van der Waals surface area contributed by atoms with E-state index in [1.54, 1.807) is 7.11 Å². The zero-order valence-corrected chi connectivity index (χ0v) is 13.4. The topological polar surface area (TPSA) is 71.6 Å². The fourth-order valence-corrected chi connectivity index (χ4v) is 2.29. The van der Waals surface area contributed by atoms with Crippen LogP contribution in [0.1, 0.15) is 18.4 Å². The smallest absolute Gasteiger partial charge is 0.242 e. The molecule has 0 radical (unpaired) electrons. The van der Waals surface area contributed by atoms with E-state index in [0.29, 0.717) is 11.7 Å². The molecule has 0 spiro atoms. The Morgan fingerprint density at radius 3 is 2.77 bits per heavy atom. The molecule has 1 aliphatic heterocycles. The minimum atomic E-state index is -0.161. The summed E-state index contributed by atoms with van der Waals surface area (Å²) < 4.78 is 10.6. The van der Waals surface area contributed by atoms with Crippen LogP contribution in [0.15, 0.2) is 24.3 Å². The van der Waals surface area contributed by atoms with Gasteiger partial charge in [0.1, 0.15) is 5.75 Å². The molecule has 0 aromatic heterocycles. The Labute approximate surface area is 135 Å². The maximum absolute atomic E-state index is 11.8. The number of hydrazine groups is 1. The van der Waals surface area contributed by atoms with Crippen LogP contribution in [-0.4, -0.2) is 37.4 Å². The minimum absolute atomic E-state index is 0.161. The van der Waals surface area contributed by atoms with Crippen molar-refractivity contribution in [2.75, 3.05) is 20.3 Å². The molecule has 1 aliphatic rings. The van der Waals surface area contributed by atoms with Crippen molar-refractivity contribution in [2.24, 2.45) is 0 Å². The first-order valence-electron chi connectivity index (χ1n) is 7.24. The molecule has 1 heterocycles. The number of nitrogens with one attached hydrogen (secondary N) is 3. The molecular weight excluding hydrogens is 302 g/mol. The van der Waals surface area contributed by atoms with Crippen LogP contribution in [0.2, 0.25) is 0 Å². The summed E-state index contributed by atoms with van der Waals surface area (Å²) in [5.74, 6) is 0.605. The van der Waals surface area contributed by atoms with E-state index in [0.717, 1.165) is 30.8 Å². The second-order valence-electron chi connectivity index (χ2n) is 5.04. The summed E-state index contributed by atoms with van der Waals surface area (Å²) in [6, 6.07) is 7.35. The summed E-state index contributed by atoms with van der Waals surface area (Å²) in [5.41, 5.74) is 6.16. The Morgan fingerprint density at radius 1 is 1.36 bits per heavy atom. The number of amides is 1. The first-order chi connectivity index (χ1) is 10.7. The fraction of sp³-hybridized carbons (Fsp3) is 0.467. The van der Waals surface area contributed by atoms with Gasteiger partial charge in [-0.1, -0.05) is 12.1 Å². The molecule has 2 rings (SSSR count). The number of hydrogen-bond acceptors (Lipinski definition) is 4. The third-order valence-electron chi connectivity index (χ3n) is 3.35. The van der Waals surface area contributed by atoms with Crippen LogP contribution >= 0.6 is 12.2 Å². The third-order valence-corrected chi connectivity index (χ3v) is 3.60. The number of carbonyl (C=O) groups excluding carboxylic acids is 1. The Bertz CT molecular complexity index is 501. The van der Waals surface area contributed by atoms with Gasteiger partial charge in [-0.15, -0.1) is 0 Å². The SMILES string of the molecule is COc1ccc(CC(=O)NNC(=S)NCC2CCCO2)cc1. The lowest BCUT2D eigenvalue weighted by molar-refractivity contribution is -0.121. The quantitative estimate of drug-likeness (QED) is 0.553. The Morgan fingerprint density at radius 2 is 2.14 bits per heavy atom. The van der Waals surface area contributed by atoms with Gasteiger partial charge in [-0.05, 0) is 42.8 Å². The highest BCUT2D eigenvalue weighted by Crippen LogP contribution is 2.11. The number of thiocarbonyl (C=S) groups is 1. The van der Waals surface area contributed by atoms with Crippen LogP contribution in [0.4, 0.5) is 0 Å². The van der Waals surface area contributed by atoms with E-state index in [1.165, 1.54) is 0 Å².